The third kappa shape index (κ3) is 3.18. The van der Waals surface area contributed by atoms with Crippen LogP contribution >= 0.6 is 11.3 Å². The number of benzene rings is 1. The summed E-state index contributed by atoms with van der Waals surface area (Å²) in [5.41, 5.74) is 2.86. The molecule has 1 aromatic carbocycles. The quantitative estimate of drug-likeness (QED) is 0.834. The fourth-order valence-electron chi connectivity index (χ4n) is 1.98. The van der Waals surface area contributed by atoms with Gasteiger partial charge in [-0.2, -0.15) is 0 Å². The number of aryl methyl sites for hydroxylation is 1. The maximum atomic E-state index is 3.59. The molecule has 0 aliphatic rings. The maximum Gasteiger partial charge on any atom is 0.0388 e. The molecule has 0 fully saturated rings. The molecule has 2 aromatic rings. The molecule has 0 unspecified atom stereocenters. The van der Waals surface area contributed by atoms with Gasteiger partial charge in [0, 0.05) is 17.5 Å². The summed E-state index contributed by atoms with van der Waals surface area (Å²) in [5, 5.41) is 5.72. The van der Waals surface area contributed by atoms with E-state index in [-0.39, 0.29) is 0 Å². The van der Waals surface area contributed by atoms with Crippen molar-refractivity contribution in [2.75, 3.05) is 0 Å². The Morgan fingerprint density at radius 2 is 1.88 bits per heavy atom. The van der Waals surface area contributed by atoms with E-state index < -0.39 is 0 Å². The molecule has 17 heavy (non-hydrogen) atoms. The maximum absolute atomic E-state index is 3.59. The predicted molar refractivity (Wildman–Crippen MR) is 75.4 cm³/mol. The molecule has 0 saturated carbocycles. The lowest BCUT2D eigenvalue weighted by atomic mass is 10.1. The highest BCUT2D eigenvalue weighted by atomic mass is 32.1. The lowest BCUT2D eigenvalue weighted by molar-refractivity contribution is 0.580. The Morgan fingerprint density at radius 3 is 2.53 bits per heavy atom. The van der Waals surface area contributed by atoms with Gasteiger partial charge in [-0.3, -0.25) is 0 Å². The van der Waals surface area contributed by atoms with Gasteiger partial charge in [0.15, 0.2) is 0 Å². The monoisotopic (exact) mass is 245 g/mol. The van der Waals surface area contributed by atoms with E-state index in [4.69, 9.17) is 0 Å². The van der Waals surface area contributed by atoms with Crippen LogP contribution in [-0.2, 0) is 13.0 Å². The zero-order chi connectivity index (χ0) is 12.1. The van der Waals surface area contributed by atoms with E-state index in [0.717, 1.165) is 13.0 Å². The van der Waals surface area contributed by atoms with Gasteiger partial charge in [-0.05, 0) is 35.9 Å². The first-order valence-corrected chi connectivity index (χ1v) is 7.02. The summed E-state index contributed by atoms with van der Waals surface area (Å²) in [6, 6.07) is 13.4. The second kappa shape index (κ2) is 5.99. The number of hydrogen-bond donors (Lipinski definition) is 1. The van der Waals surface area contributed by atoms with E-state index in [0.29, 0.717) is 6.04 Å². The molecule has 0 aliphatic carbocycles. The van der Waals surface area contributed by atoms with E-state index in [9.17, 15) is 0 Å². The molecule has 2 heteroatoms. The van der Waals surface area contributed by atoms with E-state index in [2.05, 4.69) is 60.9 Å². The van der Waals surface area contributed by atoms with Gasteiger partial charge >= 0.3 is 0 Å². The third-order valence-corrected chi connectivity index (χ3v) is 4.12. The van der Waals surface area contributed by atoms with Crippen molar-refractivity contribution in [1.82, 2.24) is 5.32 Å². The molecule has 0 radical (unpaired) electrons. The van der Waals surface area contributed by atoms with Crippen molar-refractivity contribution in [2.24, 2.45) is 0 Å². The minimum absolute atomic E-state index is 0.430. The summed E-state index contributed by atoms with van der Waals surface area (Å²) >= 11 is 1.81. The Bertz CT molecular complexity index is 448. The third-order valence-electron chi connectivity index (χ3n) is 3.07. The summed E-state index contributed by atoms with van der Waals surface area (Å²) in [6.07, 6.45) is 1.10. The fraction of sp³-hybridized carbons (Fsp3) is 0.333. The summed E-state index contributed by atoms with van der Waals surface area (Å²) in [5.74, 6) is 0. The summed E-state index contributed by atoms with van der Waals surface area (Å²) in [4.78, 5) is 1.40. The molecule has 1 nitrogen and oxygen atoms in total. The van der Waals surface area contributed by atoms with Gasteiger partial charge in [-0.25, -0.2) is 0 Å². The van der Waals surface area contributed by atoms with Crippen molar-refractivity contribution in [3.8, 4) is 0 Å². The van der Waals surface area contributed by atoms with Crippen molar-refractivity contribution in [1.29, 1.82) is 0 Å². The van der Waals surface area contributed by atoms with Crippen LogP contribution < -0.4 is 5.32 Å². The SMILES string of the molecule is CCc1ccccc1CN[C@@H](C)c1cccs1. The Balaban J connectivity index is 1.98. The van der Waals surface area contributed by atoms with Crippen molar-refractivity contribution < 1.29 is 0 Å². The van der Waals surface area contributed by atoms with Crippen molar-refractivity contribution in [3.63, 3.8) is 0 Å². The predicted octanol–water partition coefficient (Wildman–Crippen LogP) is 4.16. The molecule has 0 bridgehead atoms. The molecular formula is C15H19NS. The highest BCUT2D eigenvalue weighted by Gasteiger charge is 2.06. The Morgan fingerprint density at radius 1 is 1.12 bits per heavy atom. The Kier molecular flexibility index (Phi) is 4.35. The lowest BCUT2D eigenvalue weighted by Crippen LogP contribution is -2.17. The molecule has 1 atom stereocenters. The topological polar surface area (TPSA) is 12.0 Å². The fourth-order valence-corrected chi connectivity index (χ4v) is 2.74. The van der Waals surface area contributed by atoms with E-state index >= 15 is 0 Å². The average Bonchev–Trinajstić information content (AvgIpc) is 2.90. The van der Waals surface area contributed by atoms with Crippen LogP contribution in [0.2, 0.25) is 0 Å². The average molecular weight is 245 g/mol. The number of hydrogen-bond acceptors (Lipinski definition) is 2. The minimum Gasteiger partial charge on any atom is -0.305 e. The van der Waals surface area contributed by atoms with Gasteiger partial charge in [0.25, 0.3) is 0 Å². The van der Waals surface area contributed by atoms with Crippen LogP contribution in [0.1, 0.15) is 35.9 Å². The number of thiophene rings is 1. The van der Waals surface area contributed by atoms with Crippen LogP contribution in [0, 0.1) is 0 Å². The Labute approximate surface area is 108 Å². The van der Waals surface area contributed by atoms with Gasteiger partial charge < -0.3 is 5.32 Å². The summed E-state index contributed by atoms with van der Waals surface area (Å²) < 4.78 is 0. The van der Waals surface area contributed by atoms with E-state index in [1.807, 2.05) is 11.3 Å². The van der Waals surface area contributed by atoms with E-state index in [1.165, 1.54) is 16.0 Å². The number of nitrogens with one attached hydrogen (secondary N) is 1. The van der Waals surface area contributed by atoms with E-state index in [1.54, 1.807) is 0 Å². The molecule has 0 aliphatic heterocycles. The van der Waals surface area contributed by atoms with Crippen LogP contribution in [0.5, 0.6) is 0 Å². The molecule has 0 saturated heterocycles. The summed E-state index contributed by atoms with van der Waals surface area (Å²) in [7, 11) is 0. The van der Waals surface area contributed by atoms with Gasteiger partial charge in [0.05, 0.1) is 0 Å². The van der Waals surface area contributed by atoms with Crippen LogP contribution in [-0.4, -0.2) is 0 Å². The zero-order valence-electron chi connectivity index (χ0n) is 10.4. The molecule has 2 rings (SSSR count). The van der Waals surface area contributed by atoms with Crippen molar-refractivity contribution in [2.45, 2.75) is 32.9 Å². The van der Waals surface area contributed by atoms with Crippen LogP contribution in [0.25, 0.3) is 0 Å². The molecule has 90 valence electrons. The van der Waals surface area contributed by atoms with Crippen LogP contribution in [0.3, 0.4) is 0 Å². The second-order valence-corrected chi connectivity index (χ2v) is 5.22. The smallest absolute Gasteiger partial charge is 0.0388 e. The molecule has 1 N–H and O–H groups in total. The zero-order valence-corrected chi connectivity index (χ0v) is 11.3. The van der Waals surface area contributed by atoms with Gasteiger partial charge in [0.2, 0.25) is 0 Å². The summed E-state index contributed by atoms with van der Waals surface area (Å²) in [6.45, 7) is 5.38. The standard InChI is InChI=1S/C15H19NS/c1-3-13-7-4-5-8-14(13)11-16-12(2)15-9-6-10-17-15/h4-10,12,16H,3,11H2,1-2H3/t12-/m0/s1. The normalized spacial score (nSPS) is 12.6. The van der Waals surface area contributed by atoms with Crippen molar-refractivity contribution >= 4 is 11.3 Å². The van der Waals surface area contributed by atoms with Gasteiger partial charge in [-0.1, -0.05) is 37.3 Å². The molecule has 0 amide bonds. The molecule has 1 heterocycles. The first-order chi connectivity index (χ1) is 8.31. The highest BCUT2D eigenvalue weighted by molar-refractivity contribution is 7.10. The minimum atomic E-state index is 0.430. The van der Waals surface area contributed by atoms with Crippen LogP contribution in [0.15, 0.2) is 41.8 Å². The largest absolute Gasteiger partial charge is 0.305 e. The lowest BCUT2D eigenvalue weighted by Gasteiger charge is -2.14. The molecular weight excluding hydrogens is 226 g/mol. The molecule has 1 aromatic heterocycles. The van der Waals surface area contributed by atoms with Gasteiger partial charge in [0.1, 0.15) is 0 Å². The first kappa shape index (κ1) is 12.3. The second-order valence-electron chi connectivity index (χ2n) is 4.24. The van der Waals surface area contributed by atoms with Gasteiger partial charge in [-0.15, -0.1) is 11.3 Å². The highest BCUT2D eigenvalue weighted by Crippen LogP contribution is 2.19. The van der Waals surface area contributed by atoms with Crippen molar-refractivity contribution in [3.05, 3.63) is 57.8 Å². The van der Waals surface area contributed by atoms with Crippen LogP contribution in [0.4, 0.5) is 0 Å². The Hall–Kier alpha value is -1.12. The first-order valence-electron chi connectivity index (χ1n) is 6.14. The molecule has 0 spiro atoms. The number of rotatable bonds is 5.